The molecule has 2 aromatic carbocycles. The molecule has 0 atom stereocenters. The fourth-order valence-corrected chi connectivity index (χ4v) is 3.37. The van der Waals surface area contributed by atoms with Crippen LogP contribution in [0.4, 0.5) is 0 Å². The van der Waals surface area contributed by atoms with Crippen LogP contribution in [-0.2, 0) is 6.42 Å². The van der Waals surface area contributed by atoms with E-state index in [0.717, 1.165) is 18.6 Å². The molecule has 3 rings (SSSR count). The summed E-state index contributed by atoms with van der Waals surface area (Å²) in [5, 5.41) is 0. The van der Waals surface area contributed by atoms with Crippen molar-refractivity contribution in [3.05, 3.63) is 81.9 Å². The molecule has 0 bridgehead atoms. The highest BCUT2D eigenvalue weighted by atomic mass is 14.7. The van der Waals surface area contributed by atoms with E-state index in [1.807, 2.05) is 13.1 Å². The van der Waals surface area contributed by atoms with Crippen LogP contribution in [0.3, 0.4) is 0 Å². The summed E-state index contributed by atoms with van der Waals surface area (Å²) in [6.07, 6.45) is 8.62. The van der Waals surface area contributed by atoms with Crippen molar-refractivity contribution in [1.82, 2.24) is 0 Å². The van der Waals surface area contributed by atoms with E-state index in [-0.39, 0.29) is 0 Å². The Morgan fingerprint density at radius 3 is 2.70 bits per heavy atom. The lowest BCUT2D eigenvalue weighted by Crippen LogP contribution is -2.11. The Balaban J connectivity index is 2.22. The topological polar surface area (TPSA) is 12.4 Å². The van der Waals surface area contributed by atoms with Crippen LogP contribution in [0.2, 0.25) is 0 Å². The summed E-state index contributed by atoms with van der Waals surface area (Å²) < 4.78 is 0. The quantitative estimate of drug-likeness (QED) is 0.676. The van der Waals surface area contributed by atoms with E-state index >= 15 is 0 Å². The van der Waals surface area contributed by atoms with Gasteiger partial charge in [0.1, 0.15) is 0 Å². The molecule has 1 aliphatic rings. The molecule has 0 aromatic heterocycles. The lowest BCUT2D eigenvalue weighted by Gasteiger charge is -2.19. The van der Waals surface area contributed by atoms with Crippen molar-refractivity contribution in [2.75, 3.05) is 7.05 Å². The fourth-order valence-electron chi connectivity index (χ4n) is 3.37. The Morgan fingerprint density at radius 2 is 1.96 bits per heavy atom. The zero-order chi connectivity index (χ0) is 16.4. The average molecular weight is 301 g/mol. The smallest absolute Gasteiger partial charge is 0.0724 e. The highest BCUT2D eigenvalue weighted by molar-refractivity contribution is 6.15. The van der Waals surface area contributed by atoms with Gasteiger partial charge in [-0.05, 0) is 55.0 Å². The predicted molar refractivity (Wildman–Crippen MR) is 101 cm³/mol. The Bertz CT molecular complexity index is 822. The molecule has 1 nitrogen and oxygen atoms in total. The number of hydrogen-bond donors (Lipinski definition) is 0. The molecule has 2 aromatic rings. The van der Waals surface area contributed by atoms with Gasteiger partial charge in [-0.15, -0.1) is 0 Å². The van der Waals surface area contributed by atoms with Gasteiger partial charge in [0.25, 0.3) is 0 Å². The summed E-state index contributed by atoms with van der Waals surface area (Å²) in [6.45, 7) is 8.35. The molecule has 0 radical (unpaired) electrons. The number of nitrogens with zero attached hydrogens (tertiary/aromatic N) is 1. The van der Waals surface area contributed by atoms with Crippen LogP contribution < -0.4 is 0 Å². The number of hydrogen-bond acceptors (Lipinski definition) is 1. The van der Waals surface area contributed by atoms with Crippen molar-refractivity contribution < 1.29 is 0 Å². The van der Waals surface area contributed by atoms with Crippen LogP contribution in [0, 0.1) is 13.8 Å². The van der Waals surface area contributed by atoms with E-state index in [1.54, 1.807) is 0 Å². The van der Waals surface area contributed by atoms with Crippen LogP contribution >= 0.6 is 0 Å². The van der Waals surface area contributed by atoms with Gasteiger partial charge in [0.2, 0.25) is 0 Å². The lowest BCUT2D eigenvalue weighted by molar-refractivity contribution is 0.981. The van der Waals surface area contributed by atoms with E-state index in [2.05, 4.69) is 67.9 Å². The Labute approximate surface area is 139 Å². The molecule has 116 valence electrons. The first-order valence-electron chi connectivity index (χ1n) is 8.15. The average Bonchev–Trinajstić information content (AvgIpc) is 2.58. The van der Waals surface area contributed by atoms with Crippen LogP contribution in [0.5, 0.6) is 0 Å². The summed E-state index contributed by atoms with van der Waals surface area (Å²) in [7, 11) is 1.88. The molecule has 0 fully saturated rings. The van der Waals surface area contributed by atoms with Crippen molar-refractivity contribution in [3.8, 4) is 0 Å². The SMILES string of the molecule is C=Cc1c(C(=NC)c2cc(C)ccc2C)ccc2c1CCC=C2. The maximum atomic E-state index is 4.64. The number of aliphatic imine (C=N–C) groups is 1. The molecule has 0 aliphatic heterocycles. The van der Waals surface area contributed by atoms with Gasteiger partial charge >= 0.3 is 0 Å². The highest BCUT2D eigenvalue weighted by Crippen LogP contribution is 2.29. The maximum absolute atomic E-state index is 4.64. The lowest BCUT2D eigenvalue weighted by atomic mass is 9.86. The van der Waals surface area contributed by atoms with Gasteiger partial charge in [-0.25, -0.2) is 0 Å². The van der Waals surface area contributed by atoms with Crippen LogP contribution in [0.25, 0.3) is 12.2 Å². The largest absolute Gasteiger partial charge is 0.287 e. The molecule has 1 aliphatic carbocycles. The van der Waals surface area contributed by atoms with Crippen molar-refractivity contribution in [2.45, 2.75) is 26.7 Å². The summed E-state index contributed by atoms with van der Waals surface area (Å²) in [5.41, 5.74) is 9.90. The van der Waals surface area contributed by atoms with Crippen molar-refractivity contribution in [2.24, 2.45) is 4.99 Å². The Morgan fingerprint density at radius 1 is 1.13 bits per heavy atom. The normalized spacial score (nSPS) is 13.8. The summed E-state index contributed by atoms with van der Waals surface area (Å²) in [6, 6.07) is 11.0. The fraction of sp³-hybridized carbons (Fsp3) is 0.227. The first-order valence-corrected chi connectivity index (χ1v) is 8.15. The molecular weight excluding hydrogens is 278 g/mol. The third-order valence-electron chi connectivity index (χ3n) is 4.58. The van der Waals surface area contributed by atoms with Gasteiger partial charge in [0, 0.05) is 18.2 Å². The van der Waals surface area contributed by atoms with Crippen molar-refractivity contribution >= 4 is 17.9 Å². The minimum atomic E-state index is 1.05. The van der Waals surface area contributed by atoms with Crippen LogP contribution in [0.15, 0.2) is 48.0 Å². The van der Waals surface area contributed by atoms with E-state index in [1.165, 1.54) is 38.9 Å². The highest BCUT2D eigenvalue weighted by Gasteiger charge is 2.17. The summed E-state index contributed by atoms with van der Waals surface area (Å²) in [4.78, 5) is 4.64. The molecule has 0 heterocycles. The van der Waals surface area contributed by atoms with Gasteiger partial charge in [0.05, 0.1) is 5.71 Å². The number of benzene rings is 2. The molecule has 0 N–H and O–H groups in total. The van der Waals surface area contributed by atoms with Crippen molar-refractivity contribution in [1.29, 1.82) is 0 Å². The number of aryl methyl sites for hydroxylation is 2. The zero-order valence-corrected chi connectivity index (χ0v) is 14.2. The Kier molecular flexibility index (Phi) is 4.29. The third-order valence-corrected chi connectivity index (χ3v) is 4.58. The first kappa shape index (κ1) is 15.5. The van der Waals surface area contributed by atoms with Crippen molar-refractivity contribution in [3.63, 3.8) is 0 Å². The van der Waals surface area contributed by atoms with E-state index in [0.29, 0.717) is 0 Å². The second-order valence-electron chi connectivity index (χ2n) is 6.13. The minimum Gasteiger partial charge on any atom is -0.287 e. The first-order chi connectivity index (χ1) is 11.2. The molecule has 0 amide bonds. The third kappa shape index (κ3) is 2.79. The van der Waals surface area contributed by atoms with E-state index < -0.39 is 0 Å². The molecule has 23 heavy (non-hydrogen) atoms. The molecular formula is C22H23N. The number of allylic oxidation sites excluding steroid dienone is 1. The minimum absolute atomic E-state index is 1.05. The standard InChI is InChI=1S/C22H23N/c1-5-18-19-9-7-6-8-17(19)12-13-20(18)22(23-4)21-14-15(2)10-11-16(21)3/h5-6,8,10-14H,1,7,9H2,2-4H3. The molecule has 0 unspecified atom stereocenters. The maximum Gasteiger partial charge on any atom is 0.0724 e. The molecule has 0 spiro atoms. The predicted octanol–water partition coefficient (Wildman–Crippen LogP) is 5.37. The van der Waals surface area contributed by atoms with Gasteiger partial charge in [-0.3, -0.25) is 4.99 Å². The number of fused-ring (bicyclic) bond motifs is 1. The van der Waals surface area contributed by atoms with Crippen LogP contribution in [-0.4, -0.2) is 12.8 Å². The second-order valence-corrected chi connectivity index (χ2v) is 6.13. The zero-order valence-electron chi connectivity index (χ0n) is 14.2. The summed E-state index contributed by atoms with van der Waals surface area (Å²) >= 11 is 0. The van der Waals surface area contributed by atoms with E-state index in [9.17, 15) is 0 Å². The summed E-state index contributed by atoms with van der Waals surface area (Å²) in [5.74, 6) is 0. The monoisotopic (exact) mass is 301 g/mol. The van der Waals surface area contributed by atoms with Gasteiger partial charge in [0.15, 0.2) is 0 Å². The van der Waals surface area contributed by atoms with E-state index in [4.69, 9.17) is 0 Å². The molecule has 0 saturated carbocycles. The molecule has 1 heteroatoms. The van der Waals surface area contributed by atoms with Gasteiger partial charge in [-0.2, -0.15) is 0 Å². The number of rotatable bonds is 3. The Hall–Kier alpha value is -2.41. The van der Waals surface area contributed by atoms with Gasteiger partial charge < -0.3 is 0 Å². The molecule has 0 saturated heterocycles. The van der Waals surface area contributed by atoms with Crippen LogP contribution in [0.1, 0.15) is 45.4 Å². The second kappa shape index (κ2) is 6.37. The van der Waals surface area contributed by atoms with Gasteiger partial charge in [-0.1, -0.05) is 54.6 Å².